The summed E-state index contributed by atoms with van der Waals surface area (Å²) < 4.78 is 0. The number of likely N-dealkylation sites (tertiary alicyclic amines) is 1. The molecule has 2 nitrogen and oxygen atoms in total. The quantitative estimate of drug-likeness (QED) is 0.821. The molecular weight excluding hydrogens is 303 g/mol. The molecule has 1 atom stereocenters. The van der Waals surface area contributed by atoms with Crippen molar-refractivity contribution in [1.82, 2.24) is 10.2 Å². The molecular formula is C17H26Cl2N2. The van der Waals surface area contributed by atoms with E-state index in [1.807, 2.05) is 18.2 Å². The van der Waals surface area contributed by atoms with Crippen LogP contribution in [0.2, 0.25) is 10.0 Å². The molecule has 2 rings (SSSR count). The van der Waals surface area contributed by atoms with Gasteiger partial charge in [0.2, 0.25) is 0 Å². The van der Waals surface area contributed by atoms with Crippen LogP contribution in [0.4, 0.5) is 0 Å². The minimum Gasteiger partial charge on any atom is -0.315 e. The van der Waals surface area contributed by atoms with Crippen molar-refractivity contribution in [2.75, 3.05) is 19.6 Å². The number of halogens is 2. The number of hydrogen-bond acceptors (Lipinski definition) is 2. The molecule has 0 radical (unpaired) electrons. The van der Waals surface area contributed by atoms with Crippen molar-refractivity contribution in [2.24, 2.45) is 5.92 Å². The van der Waals surface area contributed by atoms with Gasteiger partial charge < -0.3 is 5.32 Å². The molecule has 118 valence electrons. The normalized spacial score (nSPS) is 20.1. The van der Waals surface area contributed by atoms with Gasteiger partial charge in [0.05, 0.1) is 0 Å². The molecule has 0 aromatic heterocycles. The van der Waals surface area contributed by atoms with Gasteiger partial charge in [0.25, 0.3) is 0 Å². The van der Waals surface area contributed by atoms with Crippen LogP contribution >= 0.6 is 23.2 Å². The first-order valence-electron chi connectivity index (χ1n) is 7.95. The monoisotopic (exact) mass is 328 g/mol. The van der Waals surface area contributed by atoms with Crippen LogP contribution in [0.3, 0.4) is 0 Å². The highest BCUT2D eigenvalue weighted by Gasteiger charge is 2.23. The molecule has 21 heavy (non-hydrogen) atoms. The number of nitrogens with one attached hydrogen (secondary N) is 1. The summed E-state index contributed by atoms with van der Waals surface area (Å²) in [5.41, 5.74) is 1.07. The fraction of sp³-hybridized carbons (Fsp3) is 0.647. The second kappa shape index (κ2) is 8.38. The van der Waals surface area contributed by atoms with Crippen LogP contribution in [0.25, 0.3) is 0 Å². The zero-order valence-corrected chi connectivity index (χ0v) is 14.6. The van der Waals surface area contributed by atoms with Crippen LogP contribution in [0.5, 0.6) is 0 Å². The number of rotatable bonds is 6. The van der Waals surface area contributed by atoms with Crippen molar-refractivity contribution in [3.63, 3.8) is 0 Å². The Hall–Kier alpha value is -0.280. The fourth-order valence-corrected chi connectivity index (χ4v) is 3.44. The predicted molar refractivity (Wildman–Crippen MR) is 92.2 cm³/mol. The Balaban J connectivity index is 1.98. The average Bonchev–Trinajstić information content (AvgIpc) is 2.44. The van der Waals surface area contributed by atoms with Crippen LogP contribution < -0.4 is 5.32 Å². The predicted octanol–water partition coefficient (Wildman–Crippen LogP) is 4.59. The molecule has 1 fully saturated rings. The van der Waals surface area contributed by atoms with E-state index in [1.54, 1.807) is 0 Å². The molecule has 0 saturated carbocycles. The summed E-state index contributed by atoms with van der Waals surface area (Å²) >= 11 is 12.6. The number of piperidine rings is 1. The summed E-state index contributed by atoms with van der Waals surface area (Å²) in [5.74, 6) is 0.694. The average molecular weight is 329 g/mol. The summed E-state index contributed by atoms with van der Waals surface area (Å²) in [6.07, 6.45) is 3.84. The zero-order valence-electron chi connectivity index (χ0n) is 13.0. The first kappa shape index (κ1) is 17.1. The van der Waals surface area contributed by atoms with E-state index in [-0.39, 0.29) is 0 Å². The number of nitrogens with zero attached hydrogens (tertiary/aromatic N) is 1. The van der Waals surface area contributed by atoms with Gasteiger partial charge in [0, 0.05) is 34.7 Å². The second-order valence-corrected chi connectivity index (χ2v) is 7.19. The molecule has 1 saturated heterocycles. The van der Waals surface area contributed by atoms with Gasteiger partial charge in [-0.1, -0.05) is 49.5 Å². The van der Waals surface area contributed by atoms with Gasteiger partial charge in [0.1, 0.15) is 0 Å². The molecule has 4 heteroatoms. The molecule has 0 bridgehead atoms. The summed E-state index contributed by atoms with van der Waals surface area (Å²) in [7, 11) is 0. The minimum absolute atomic E-state index is 0.588. The summed E-state index contributed by atoms with van der Waals surface area (Å²) in [6, 6.07) is 6.36. The van der Waals surface area contributed by atoms with Gasteiger partial charge >= 0.3 is 0 Å². The van der Waals surface area contributed by atoms with Gasteiger partial charge in [-0.05, 0) is 44.0 Å². The van der Waals surface area contributed by atoms with Gasteiger partial charge in [-0.25, -0.2) is 0 Å². The highest BCUT2D eigenvalue weighted by molar-refractivity contribution is 6.35. The third-order valence-electron chi connectivity index (χ3n) is 4.10. The highest BCUT2D eigenvalue weighted by atomic mass is 35.5. The summed E-state index contributed by atoms with van der Waals surface area (Å²) in [5, 5.41) is 5.15. The summed E-state index contributed by atoms with van der Waals surface area (Å²) in [4.78, 5) is 2.53. The van der Waals surface area contributed by atoms with Crippen LogP contribution in [-0.2, 0) is 6.54 Å². The van der Waals surface area contributed by atoms with Gasteiger partial charge in [-0.15, -0.1) is 0 Å². The van der Waals surface area contributed by atoms with Crippen LogP contribution in [0.15, 0.2) is 18.2 Å². The van der Waals surface area contributed by atoms with Gasteiger partial charge in [0.15, 0.2) is 0 Å². The third-order valence-corrected chi connectivity index (χ3v) is 4.81. The van der Waals surface area contributed by atoms with E-state index in [1.165, 1.54) is 19.3 Å². The first-order chi connectivity index (χ1) is 10.1. The van der Waals surface area contributed by atoms with Crippen molar-refractivity contribution in [3.8, 4) is 0 Å². The van der Waals surface area contributed by atoms with Crippen molar-refractivity contribution >= 4 is 23.2 Å². The lowest BCUT2D eigenvalue weighted by Crippen LogP contribution is -2.45. The Morgan fingerprint density at radius 1 is 1.24 bits per heavy atom. The molecule has 0 aliphatic carbocycles. The van der Waals surface area contributed by atoms with E-state index in [4.69, 9.17) is 23.2 Å². The number of hydrogen-bond donors (Lipinski definition) is 1. The SMILES string of the molecule is CC(C)CNCC1CCCCN1Cc1c(Cl)cccc1Cl. The molecule has 1 N–H and O–H groups in total. The van der Waals surface area contributed by atoms with E-state index in [9.17, 15) is 0 Å². The Bertz CT molecular complexity index is 428. The van der Waals surface area contributed by atoms with E-state index in [2.05, 4.69) is 24.1 Å². The molecule has 1 aliphatic heterocycles. The lowest BCUT2D eigenvalue weighted by Gasteiger charge is -2.36. The topological polar surface area (TPSA) is 15.3 Å². The van der Waals surface area contributed by atoms with Crippen molar-refractivity contribution in [3.05, 3.63) is 33.8 Å². The Labute approximate surface area is 138 Å². The van der Waals surface area contributed by atoms with E-state index in [0.717, 1.165) is 41.8 Å². The van der Waals surface area contributed by atoms with Gasteiger partial charge in [-0.2, -0.15) is 0 Å². The van der Waals surface area contributed by atoms with Gasteiger partial charge in [-0.3, -0.25) is 4.90 Å². The lowest BCUT2D eigenvalue weighted by molar-refractivity contribution is 0.137. The lowest BCUT2D eigenvalue weighted by atomic mass is 10.0. The van der Waals surface area contributed by atoms with Crippen molar-refractivity contribution in [1.29, 1.82) is 0 Å². The second-order valence-electron chi connectivity index (χ2n) is 6.37. The van der Waals surface area contributed by atoms with Crippen LogP contribution in [0, 0.1) is 5.92 Å². The smallest absolute Gasteiger partial charge is 0.0465 e. The molecule has 0 amide bonds. The molecule has 1 aliphatic rings. The van der Waals surface area contributed by atoms with E-state index >= 15 is 0 Å². The summed E-state index contributed by atoms with van der Waals surface area (Å²) in [6.45, 7) is 8.61. The standard InChI is InChI=1S/C17H26Cl2N2/c1-13(2)10-20-11-14-6-3-4-9-21(14)12-15-16(18)7-5-8-17(15)19/h5,7-8,13-14,20H,3-4,6,9-12H2,1-2H3. The van der Waals surface area contributed by atoms with E-state index in [0.29, 0.717) is 12.0 Å². The molecule has 1 aromatic rings. The maximum absolute atomic E-state index is 6.32. The number of benzene rings is 1. The molecule has 1 heterocycles. The first-order valence-corrected chi connectivity index (χ1v) is 8.71. The van der Waals surface area contributed by atoms with Crippen molar-refractivity contribution in [2.45, 2.75) is 45.7 Å². The largest absolute Gasteiger partial charge is 0.315 e. The van der Waals surface area contributed by atoms with Crippen LogP contribution in [0.1, 0.15) is 38.7 Å². The third kappa shape index (κ3) is 5.14. The zero-order chi connectivity index (χ0) is 15.2. The fourth-order valence-electron chi connectivity index (χ4n) is 2.92. The molecule has 1 unspecified atom stereocenters. The Morgan fingerprint density at radius 3 is 2.62 bits per heavy atom. The Morgan fingerprint density at radius 2 is 1.95 bits per heavy atom. The van der Waals surface area contributed by atoms with Crippen molar-refractivity contribution < 1.29 is 0 Å². The highest BCUT2D eigenvalue weighted by Crippen LogP contribution is 2.28. The van der Waals surface area contributed by atoms with Crippen LogP contribution in [-0.4, -0.2) is 30.6 Å². The maximum Gasteiger partial charge on any atom is 0.0465 e. The molecule has 1 aromatic carbocycles. The van der Waals surface area contributed by atoms with E-state index < -0.39 is 0 Å². The maximum atomic E-state index is 6.32. The minimum atomic E-state index is 0.588. The molecule has 0 spiro atoms. The Kier molecular flexibility index (Phi) is 6.81.